The van der Waals surface area contributed by atoms with Crippen molar-refractivity contribution < 1.29 is 43.2 Å². The van der Waals surface area contributed by atoms with Crippen LogP contribution in [0, 0.1) is 56.7 Å². The smallest absolute Gasteiger partial charge is 0.410 e. The summed E-state index contributed by atoms with van der Waals surface area (Å²) in [7, 11) is 0. The number of rotatable bonds is 7. The molecule has 0 radical (unpaired) electrons. The lowest BCUT2D eigenvalue weighted by Gasteiger charge is -2.62. The van der Waals surface area contributed by atoms with Gasteiger partial charge in [0.1, 0.15) is 11.7 Å². The highest BCUT2D eigenvalue weighted by Crippen LogP contribution is 2.89. The monoisotopic (exact) mass is 785 g/mol. The van der Waals surface area contributed by atoms with Crippen molar-refractivity contribution in [3.05, 3.63) is 0 Å². The van der Waals surface area contributed by atoms with Gasteiger partial charge < -0.3 is 33.7 Å². The third kappa shape index (κ3) is 6.15. The van der Waals surface area contributed by atoms with Crippen LogP contribution in [0.3, 0.4) is 0 Å². The lowest BCUT2D eigenvalue weighted by molar-refractivity contribution is -0.248. The van der Waals surface area contributed by atoms with Gasteiger partial charge in [-0.15, -0.1) is 0 Å². The molecule has 2 spiro atoms. The molecule has 5 aliphatic carbocycles. The lowest BCUT2D eigenvalue weighted by Crippen LogP contribution is -2.60. The Hall–Kier alpha value is -1.79. The Balaban J connectivity index is 0.934. The third-order valence-electron chi connectivity index (χ3n) is 17.4. The average Bonchev–Trinajstić information content (AvgIpc) is 3.70. The summed E-state index contributed by atoms with van der Waals surface area (Å²) in [6, 6.07) is 0. The van der Waals surface area contributed by atoms with Gasteiger partial charge in [-0.25, -0.2) is 4.79 Å². The summed E-state index contributed by atoms with van der Waals surface area (Å²) in [5, 5.41) is 11.1. The van der Waals surface area contributed by atoms with E-state index in [1.54, 1.807) is 18.7 Å². The van der Waals surface area contributed by atoms with E-state index in [0.717, 1.165) is 64.8 Å². The molecule has 8 aliphatic rings. The van der Waals surface area contributed by atoms with E-state index >= 15 is 4.79 Å². The highest BCUT2D eigenvalue weighted by atomic mass is 16.7. The minimum absolute atomic E-state index is 0.0246. The molecule has 5 saturated carbocycles. The van der Waals surface area contributed by atoms with E-state index in [4.69, 9.17) is 23.7 Å². The van der Waals surface area contributed by atoms with Gasteiger partial charge in [0.25, 0.3) is 0 Å². The van der Waals surface area contributed by atoms with Crippen LogP contribution < -0.4 is 0 Å². The fraction of sp³-hybridized carbons (Fsp3) is 0.933. The molecule has 8 rings (SSSR count). The van der Waals surface area contributed by atoms with Crippen LogP contribution in [-0.4, -0.2) is 114 Å². The number of fused-ring (bicyclic) bond motifs is 4. The van der Waals surface area contributed by atoms with E-state index < -0.39 is 40.9 Å². The summed E-state index contributed by atoms with van der Waals surface area (Å²) >= 11 is 0. The number of amides is 1. The molecule has 1 N–H and O–H groups in total. The second-order valence-electron chi connectivity index (χ2n) is 22.5. The number of ketones is 1. The molecule has 316 valence electrons. The van der Waals surface area contributed by atoms with Crippen molar-refractivity contribution in [2.75, 3.05) is 39.3 Å². The number of carbonyl (C=O) groups is 3. The van der Waals surface area contributed by atoms with Crippen molar-refractivity contribution in [3.8, 4) is 0 Å². The van der Waals surface area contributed by atoms with Crippen molar-refractivity contribution in [1.82, 2.24) is 9.80 Å². The van der Waals surface area contributed by atoms with Gasteiger partial charge in [0.15, 0.2) is 18.2 Å². The van der Waals surface area contributed by atoms with Crippen LogP contribution in [0.1, 0.15) is 128 Å². The molecule has 13 atom stereocenters. The van der Waals surface area contributed by atoms with E-state index in [-0.39, 0.29) is 57.8 Å². The van der Waals surface area contributed by atoms with E-state index in [2.05, 4.69) is 39.5 Å². The van der Waals surface area contributed by atoms with Crippen LogP contribution in [0.5, 0.6) is 0 Å². The SMILES string of the molecule is CC(=O)O[C@@H]([C@H]1C[C@@H](C)[C@H]2[C@H](O1)C(=O)[C@@]1(C)[C@@H]3CC[C@H]4C(C)(C)[C@@H](O[C@H]5CN(CC6CN(C(=O)OC(C)(C)C)C6)CCO5)CC[C@@]45CC35CC[C@]21C)C(C)(C)O. The Bertz CT molecular complexity index is 1580. The molecule has 11 nitrogen and oxygen atoms in total. The first-order valence-electron chi connectivity index (χ1n) is 22.0. The Kier molecular flexibility index (Phi) is 9.77. The Labute approximate surface area is 335 Å². The zero-order valence-corrected chi connectivity index (χ0v) is 36.3. The summed E-state index contributed by atoms with van der Waals surface area (Å²) in [4.78, 5) is 44.0. The zero-order valence-electron chi connectivity index (χ0n) is 36.3. The topological polar surface area (TPSA) is 124 Å². The second kappa shape index (κ2) is 13.4. The van der Waals surface area contributed by atoms with Crippen molar-refractivity contribution in [3.63, 3.8) is 0 Å². The van der Waals surface area contributed by atoms with Gasteiger partial charge in [-0.3, -0.25) is 14.5 Å². The van der Waals surface area contributed by atoms with Crippen molar-refractivity contribution >= 4 is 17.8 Å². The number of hydrogen-bond acceptors (Lipinski definition) is 10. The molecule has 8 fully saturated rings. The first-order chi connectivity index (χ1) is 26.0. The minimum atomic E-state index is -1.30. The number of morpholine rings is 1. The van der Waals surface area contributed by atoms with Gasteiger partial charge in [0.05, 0.1) is 24.4 Å². The lowest BCUT2D eigenvalue weighted by atomic mass is 9.41. The molecule has 0 aromatic heterocycles. The highest BCUT2D eigenvalue weighted by molar-refractivity contribution is 5.93. The largest absolute Gasteiger partial charge is 0.457 e. The van der Waals surface area contributed by atoms with E-state index in [1.807, 2.05) is 20.8 Å². The first-order valence-corrected chi connectivity index (χ1v) is 22.0. The maximum Gasteiger partial charge on any atom is 0.410 e. The normalized spacial score (nSPS) is 45.3. The molecule has 0 aromatic rings. The summed E-state index contributed by atoms with van der Waals surface area (Å²) in [5.74, 6) is 1.37. The fourth-order valence-electron chi connectivity index (χ4n) is 14.9. The molecule has 1 amide bonds. The quantitative estimate of drug-likeness (QED) is 0.282. The summed E-state index contributed by atoms with van der Waals surface area (Å²) < 4.78 is 31.3. The van der Waals surface area contributed by atoms with E-state index in [0.29, 0.717) is 30.8 Å². The van der Waals surface area contributed by atoms with Crippen LogP contribution in [0.25, 0.3) is 0 Å². The van der Waals surface area contributed by atoms with Gasteiger partial charge >= 0.3 is 12.1 Å². The summed E-state index contributed by atoms with van der Waals surface area (Å²) in [6.07, 6.45) is 6.06. The predicted molar refractivity (Wildman–Crippen MR) is 209 cm³/mol. The molecule has 1 unspecified atom stereocenters. The fourth-order valence-corrected chi connectivity index (χ4v) is 14.9. The van der Waals surface area contributed by atoms with Crippen LogP contribution in [0.4, 0.5) is 4.79 Å². The van der Waals surface area contributed by atoms with Crippen molar-refractivity contribution in [2.45, 2.75) is 169 Å². The zero-order chi connectivity index (χ0) is 40.6. The van der Waals surface area contributed by atoms with Crippen LogP contribution >= 0.6 is 0 Å². The number of Topliss-reactive ketones (excluding diaryl/α,β-unsaturated/α-hetero) is 1. The van der Waals surface area contributed by atoms with Crippen LogP contribution in [0.15, 0.2) is 0 Å². The van der Waals surface area contributed by atoms with Crippen molar-refractivity contribution in [1.29, 1.82) is 0 Å². The molecule has 3 heterocycles. The van der Waals surface area contributed by atoms with E-state index in [9.17, 15) is 14.7 Å². The maximum atomic E-state index is 15.1. The maximum absolute atomic E-state index is 15.1. The highest BCUT2D eigenvalue weighted by Gasteiger charge is 2.85. The van der Waals surface area contributed by atoms with Gasteiger partial charge in [0, 0.05) is 56.9 Å². The van der Waals surface area contributed by atoms with Gasteiger partial charge in [-0.2, -0.15) is 0 Å². The summed E-state index contributed by atoms with van der Waals surface area (Å²) in [6.45, 7) is 26.9. The third-order valence-corrected chi connectivity index (χ3v) is 17.4. The molecule has 3 aliphatic heterocycles. The molecule has 0 aromatic carbocycles. The average molecular weight is 785 g/mol. The molecule has 3 saturated heterocycles. The van der Waals surface area contributed by atoms with Gasteiger partial charge in [-0.1, -0.05) is 34.6 Å². The number of nitrogens with zero attached hydrogens (tertiary/aromatic N) is 2. The number of hydrogen-bond donors (Lipinski definition) is 1. The predicted octanol–water partition coefficient (Wildman–Crippen LogP) is 6.62. The molecule has 11 heteroatoms. The van der Waals surface area contributed by atoms with Gasteiger partial charge in [0.2, 0.25) is 0 Å². The molecular formula is C45H72N2O9. The van der Waals surface area contributed by atoms with Crippen LogP contribution in [0.2, 0.25) is 0 Å². The number of esters is 1. The molecule has 56 heavy (non-hydrogen) atoms. The first kappa shape index (κ1) is 41.0. The van der Waals surface area contributed by atoms with Crippen molar-refractivity contribution in [2.24, 2.45) is 56.7 Å². The molecule has 0 bridgehead atoms. The standard InChI is InChI=1S/C45H72N2O9/c1-26-20-29(37(41(8,9)51)53-27(2)48)54-35-34(26)42(10)16-17-45-25-44(45)15-14-32(40(6,7)30(44)12-13-31(45)43(42,11)36(35)49)55-33-24-46(18-19-52-33)21-28-22-47(23-28)38(50)56-39(3,4)5/h26,28-35,37,51H,12-25H2,1-11H3/t26-,29-,30+,31+,32+,33+,34+,35+,37+,42-,43-,44-,45?/m1/s1. The molecular weight excluding hydrogens is 712 g/mol. The van der Waals surface area contributed by atoms with E-state index in [1.165, 1.54) is 19.8 Å². The number of carbonyl (C=O) groups excluding carboxylic acids is 3. The Morgan fingerprint density at radius 2 is 1.64 bits per heavy atom. The number of aliphatic hydroxyl groups is 1. The Morgan fingerprint density at radius 1 is 0.964 bits per heavy atom. The van der Waals surface area contributed by atoms with Crippen LogP contribution in [-0.2, 0) is 33.3 Å². The summed E-state index contributed by atoms with van der Waals surface area (Å²) in [5.41, 5.74) is -2.07. The second-order valence-corrected chi connectivity index (χ2v) is 22.5. The minimum Gasteiger partial charge on any atom is -0.457 e. The number of likely N-dealkylation sites (tertiary alicyclic amines) is 1. The number of ether oxygens (including phenoxy) is 5. The van der Waals surface area contributed by atoms with Gasteiger partial charge in [-0.05, 0) is 125 Å². The Morgan fingerprint density at radius 3 is 2.30 bits per heavy atom.